The molecular weight excluding hydrogens is 291 g/mol. The van der Waals surface area contributed by atoms with Gasteiger partial charge in [-0.2, -0.15) is 12.6 Å². The van der Waals surface area contributed by atoms with Gasteiger partial charge in [0.2, 0.25) is 0 Å². The van der Waals surface area contributed by atoms with Gasteiger partial charge in [-0.1, -0.05) is 22.9 Å². The van der Waals surface area contributed by atoms with E-state index in [0.717, 1.165) is 18.6 Å². The Morgan fingerprint density at radius 3 is 2.75 bits per heavy atom. The Balaban J connectivity index is 2.37. The number of benzene rings is 1. The third-order valence-electron chi connectivity index (χ3n) is 2.34. The SMILES string of the molecule is CC(CCS)CCOc1cc(F)cc(Br)c1. The molecule has 4 heteroatoms. The molecule has 0 fully saturated rings. The topological polar surface area (TPSA) is 9.23 Å². The van der Waals surface area contributed by atoms with E-state index in [0.29, 0.717) is 22.7 Å². The van der Waals surface area contributed by atoms with Gasteiger partial charge in [0.15, 0.2) is 0 Å². The fourth-order valence-electron chi connectivity index (χ4n) is 1.35. The Morgan fingerprint density at radius 2 is 2.12 bits per heavy atom. The van der Waals surface area contributed by atoms with Crippen molar-refractivity contribution in [2.75, 3.05) is 12.4 Å². The van der Waals surface area contributed by atoms with E-state index in [1.54, 1.807) is 6.07 Å². The van der Waals surface area contributed by atoms with Crippen LogP contribution >= 0.6 is 28.6 Å². The molecule has 90 valence electrons. The minimum absolute atomic E-state index is 0.284. The maximum Gasteiger partial charge on any atom is 0.128 e. The molecule has 0 saturated carbocycles. The van der Waals surface area contributed by atoms with Gasteiger partial charge < -0.3 is 4.74 Å². The van der Waals surface area contributed by atoms with Gasteiger partial charge in [0.05, 0.1) is 6.61 Å². The van der Waals surface area contributed by atoms with Crippen molar-refractivity contribution in [1.82, 2.24) is 0 Å². The van der Waals surface area contributed by atoms with Crippen molar-refractivity contribution in [1.29, 1.82) is 0 Å². The summed E-state index contributed by atoms with van der Waals surface area (Å²) in [7, 11) is 0. The van der Waals surface area contributed by atoms with Crippen LogP contribution in [-0.4, -0.2) is 12.4 Å². The van der Waals surface area contributed by atoms with Crippen LogP contribution in [0.25, 0.3) is 0 Å². The van der Waals surface area contributed by atoms with Crippen molar-refractivity contribution in [3.05, 3.63) is 28.5 Å². The monoisotopic (exact) mass is 306 g/mol. The van der Waals surface area contributed by atoms with E-state index in [1.165, 1.54) is 12.1 Å². The van der Waals surface area contributed by atoms with Gasteiger partial charge in [0, 0.05) is 10.5 Å². The van der Waals surface area contributed by atoms with Crippen LogP contribution in [-0.2, 0) is 0 Å². The lowest BCUT2D eigenvalue weighted by Crippen LogP contribution is -2.04. The summed E-state index contributed by atoms with van der Waals surface area (Å²) in [5.74, 6) is 1.78. The highest BCUT2D eigenvalue weighted by Gasteiger charge is 2.03. The average molecular weight is 307 g/mol. The Bertz CT molecular complexity index is 313. The third-order valence-corrected chi connectivity index (χ3v) is 3.05. The third kappa shape index (κ3) is 5.21. The van der Waals surface area contributed by atoms with Crippen molar-refractivity contribution in [3.63, 3.8) is 0 Å². The summed E-state index contributed by atoms with van der Waals surface area (Å²) in [4.78, 5) is 0. The second-order valence-corrected chi connectivity index (χ2v) is 5.22. The normalized spacial score (nSPS) is 12.5. The number of hydrogen-bond donors (Lipinski definition) is 1. The summed E-state index contributed by atoms with van der Waals surface area (Å²) in [5.41, 5.74) is 0. The van der Waals surface area contributed by atoms with Crippen molar-refractivity contribution >= 4 is 28.6 Å². The van der Waals surface area contributed by atoms with Crippen molar-refractivity contribution < 1.29 is 9.13 Å². The molecule has 0 aliphatic rings. The summed E-state index contributed by atoms with van der Waals surface area (Å²) >= 11 is 7.41. The van der Waals surface area contributed by atoms with Gasteiger partial charge in [-0.3, -0.25) is 0 Å². The first kappa shape index (κ1) is 13.8. The molecule has 0 saturated heterocycles. The number of rotatable bonds is 6. The molecule has 0 radical (unpaired) electrons. The van der Waals surface area contributed by atoms with Crippen LogP contribution in [0.3, 0.4) is 0 Å². The smallest absolute Gasteiger partial charge is 0.128 e. The fourth-order valence-corrected chi connectivity index (χ4v) is 2.24. The highest BCUT2D eigenvalue weighted by atomic mass is 79.9. The molecule has 1 unspecified atom stereocenters. The number of ether oxygens (including phenoxy) is 1. The molecule has 1 atom stereocenters. The lowest BCUT2D eigenvalue weighted by molar-refractivity contribution is 0.281. The second-order valence-electron chi connectivity index (χ2n) is 3.86. The van der Waals surface area contributed by atoms with Gasteiger partial charge in [-0.15, -0.1) is 0 Å². The minimum atomic E-state index is -0.284. The summed E-state index contributed by atoms with van der Waals surface area (Å²) in [6, 6.07) is 4.58. The highest BCUT2D eigenvalue weighted by Crippen LogP contribution is 2.21. The molecule has 16 heavy (non-hydrogen) atoms. The Morgan fingerprint density at radius 1 is 1.38 bits per heavy atom. The standard InChI is InChI=1S/C12H16BrFOS/c1-9(3-5-16)2-4-15-12-7-10(13)6-11(14)8-12/h6-9,16H,2-5H2,1H3. The number of thiol groups is 1. The predicted octanol–water partition coefficient (Wildman–Crippen LogP) is 4.31. The van der Waals surface area contributed by atoms with Crippen molar-refractivity contribution in [2.24, 2.45) is 5.92 Å². The van der Waals surface area contributed by atoms with E-state index < -0.39 is 0 Å². The summed E-state index contributed by atoms with van der Waals surface area (Å²) < 4.78 is 19.2. The molecule has 0 heterocycles. The maximum atomic E-state index is 13.0. The van der Waals surface area contributed by atoms with Crippen molar-refractivity contribution in [3.8, 4) is 5.75 Å². The van der Waals surface area contributed by atoms with Crippen LogP contribution in [0.5, 0.6) is 5.75 Å². The van der Waals surface area contributed by atoms with E-state index in [4.69, 9.17) is 4.74 Å². The molecule has 1 aromatic carbocycles. The van der Waals surface area contributed by atoms with E-state index in [-0.39, 0.29) is 5.82 Å². The molecule has 0 aliphatic heterocycles. The number of halogens is 2. The maximum absolute atomic E-state index is 13.0. The minimum Gasteiger partial charge on any atom is -0.493 e. The quantitative estimate of drug-likeness (QED) is 0.770. The van der Waals surface area contributed by atoms with Crippen LogP contribution < -0.4 is 4.74 Å². The van der Waals surface area contributed by atoms with Gasteiger partial charge in [-0.25, -0.2) is 4.39 Å². The summed E-state index contributed by atoms with van der Waals surface area (Å²) in [5, 5.41) is 0. The van der Waals surface area contributed by atoms with Crippen molar-refractivity contribution in [2.45, 2.75) is 19.8 Å². The Hall–Kier alpha value is -0.220. The fraction of sp³-hybridized carbons (Fsp3) is 0.500. The van der Waals surface area contributed by atoms with Crippen LogP contribution in [0.15, 0.2) is 22.7 Å². The molecule has 1 aromatic rings. The predicted molar refractivity (Wildman–Crippen MR) is 71.8 cm³/mol. The molecule has 0 aromatic heterocycles. The van der Waals surface area contributed by atoms with Crippen LogP contribution in [0.1, 0.15) is 19.8 Å². The van der Waals surface area contributed by atoms with E-state index in [1.807, 2.05) is 0 Å². The molecular formula is C12H16BrFOS. The van der Waals surface area contributed by atoms with E-state index in [9.17, 15) is 4.39 Å². The van der Waals surface area contributed by atoms with Gasteiger partial charge in [0.1, 0.15) is 11.6 Å². The first-order valence-corrected chi connectivity index (χ1v) is 6.74. The Kier molecular flexibility index (Phi) is 6.21. The largest absolute Gasteiger partial charge is 0.493 e. The molecule has 0 bridgehead atoms. The van der Waals surface area contributed by atoms with Crippen LogP contribution in [0, 0.1) is 11.7 Å². The molecule has 0 amide bonds. The first-order valence-electron chi connectivity index (χ1n) is 5.31. The Labute approximate surface area is 110 Å². The molecule has 1 rings (SSSR count). The molecule has 0 aliphatic carbocycles. The average Bonchev–Trinajstić information content (AvgIpc) is 2.16. The zero-order valence-electron chi connectivity index (χ0n) is 9.25. The molecule has 0 N–H and O–H groups in total. The van der Waals surface area contributed by atoms with Crippen LogP contribution in [0.4, 0.5) is 4.39 Å². The lowest BCUT2D eigenvalue weighted by Gasteiger charge is -2.11. The van der Waals surface area contributed by atoms with Gasteiger partial charge >= 0.3 is 0 Å². The molecule has 1 nitrogen and oxygen atoms in total. The zero-order chi connectivity index (χ0) is 12.0. The van der Waals surface area contributed by atoms with Gasteiger partial charge in [0.25, 0.3) is 0 Å². The number of hydrogen-bond acceptors (Lipinski definition) is 2. The highest BCUT2D eigenvalue weighted by molar-refractivity contribution is 9.10. The zero-order valence-corrected chi connectivity index (χ0v) is 11.7. The van der Waals surface area contributed by atoms with E-state index >= 15 is 0 Å². The van der Waals surface area contributed by atoms with Crippen LogP contribution in [0.2, 0.25) is 0 Å². The van der Waals surface area contributed by atoms with Gasteiger partial charge in [-0.05, 0) is 36.6 Å². The van der Waals surface area contributed by atoms with E-state index in [2.05, 4.69) is 35.5 Å². The molecule has 0 spiro atoms. The first-order chi connectivity index (χ1) is 7.61. The summed E-state index contributed by atoms with van der Waals surface area (Å²) in [6.45, 7) is 2.78. The summed E-state index contributed by atoms with van der Waals surface area (Å²) in [6.07, 6.45) is 2.05. The second kappa shape index (κ2) is 7.17. The lowest BCUT2D eigenvalue weighted by atomic mass is 10.1.